The van der Waals surface area contributed by atoms with E-state index in [1.54, 1.807) is 0 Å². The number of piperidine rings is 1. The summed E-state index contributed by atoms with van der Waals surface area (Å²) < 4.78 is 0. The van der Waals surface area contributed by atoms with Crippen molar-refractivity contribution >= 4 is 11.6 Å². The standard InChI is InChI=1S/C17H26N2O/c1-3-4-10-18-16-9-8-15(13-14(16)2)17(20)19-11-6-5-7-12-19/h8-9,13,18H,3-7,10-12H2,1-2H3. The Morgan fingerprint density at radius 3 is 2.65 bits per heavy atom. The predicted octanol–water partition coefficient (Wildman–Crippen LogP) is 3.83. The topological polar surface area (TPSA) is 32.3 Å². The molecule has 1 N–H and O–H groups in total. The van der Waals surface area contributed by atoms with Crippen LogP contribution in [0.4, 0.5) is 5.69 Å². The Labute approximate surface area is 122 Å². The minimum Gasteiger partial charge on any atom is -0.385 e. The number of carbonyl (C=O) groups is 1. The monoisotopic (exact) mass is 274 g/mol. The third kappa shape index (κ3) is 3.75. The molecule has 2 rings (SSSR count). The first-order chi connectivity index (χ1) is 9.72. The van der Waals surface area contributed by atoms with Gasteiger partial charge in [-0.15, -0.1) is 0 Å². The Hall–Kier alpha value is -1.51. The van der Waals surface area contributed by atoms with Crippen LogP contribution in [0.15, 0.2) is 18.2 Å². The molecule has 1 saturated heterocycles. The van der Waals surface area contributed by atoms with E-state index in [0.717, 1.165) is 49.3 Å². The SMILES string of the molecule is CCCCNc1ccc(C(=O)N2CCCCC2)cc1C. The highest BCUT2D eigenvalue weighted by Crippen LogP contribution is 2.19. The summed E-state index contributed by atoms with van der Waals surface area (Å²) in [5.74, 6) is 0.188. The number of unbranched alkanes of at least 4 members (excludes halogenated alkanes) is 1. The molecule has 0 spiro atoms. The van der Waals surface area contributed by atoms with Crippen molar-refractivity contribution in [3.05, 3.63) is 29.3 Å². The van der Waals surface area contributed by atoms with Crippen LogP contribution in [-0.2, 0) is 0 Å². The van der Waals surface area contributed by atoms with Gasteiger partial charge in [0.2, 0.25) is 0 Å². The zero-order chi connectivity index (χ0) is 14.4. The minimum absolute atomic E-state index is 0.188. The Kier molecular flexibility index (Phi) is 5.45. The second-order valence-electron chi connectivity index (χ2n) is 5.66. The summed E-state index contributed by atoms with van der Waals surface area (Å²) in [6.45, 7) is 7.08. The van der Waals surface area contributed by atoms with E-state index in [4.69, 9.17) is 0 Å². The molecule has 0 aliphatic carbocycles. The Balaban J connectivity index is 2.02. The lowest BCUT2D eigenvalue weighted by Crippen LogP contribution is -2.35. The van der Waals surface area contributed by atoms with Gasteiger partial charge in [-0.3, -0.25) is 4.79 Å². The molecule has 0 atom stereocenters. The Morgan fingerprint density at radius 1 is 1.25 bits per heavy atom. The van der Waals surface area contributed by atoms with E-state index in [0.29, 0.717) is 0 Å². The molecular formula is C17H26N2O. The average Bonchev–Trinajstić information content (AvgIpc) is 2.49. The largest absolute Gasteiger partial charge is 0.385 e. The van der Waals surface area contributed by atoms with Crippen LogP contribution in [0.3, 0.4) is 0 Å². The number of amides is 1. The fourth-order valence-electron chi connectivity index (χ4n) is 2.67. The Bertz CT molecular complexity index is 450. The molecule has 0 aromatic heterocycles. The highest BCUT2D eigenvalue weighted by molar-refractivity contribution is 5.95. The van der Waals surface area contributed by atoms with Crippen LogP contribution >= 0.6 is 0 Å². The molecule has 0 bridgehead atoms. The predicted molar refractivity (Wildman–Crippen MR) is 84.3 cm³/mol. The van der Waals surface area contributed by atoms with Crippen molar-refractivity contribution < 1.29 is 4.79 Å². The van der Waals surface area contributed by atoms with E-state index >= 15 is 0 Å². The first kappa shape index (κ1) is 14.9. The fourth-order valence-corrected chi connectivity index (χ4v) is 2.67. The summed E-state index contributed by atoms with van der Waals surface area (Å²) in [4.78, 5) is 14.4. The van der Waals surface area contributed by atoms with E-state index in [1.165, 1.54) is 19.3 Å². The van der Waals surface area contributed by atoms with Crippen LogP contribution < -0.4 is 5.32 Å². The number of nitrogens with one attached hydrogen (secondary N) is 1. The molecule has 1 aromatic carbocycles. The lowest BCUT2D eigenvalue weighted by Gasteiger charge is -2.27. The van der Waals surface area contributed by atoms with Gasteiger partial charge in [0.05, 0.1) is 0 Å². The number of aryl methyl sites for hydroxylation is 1. The van der Waals surface area contributed by atoms with Gasteiger partial charge < -0.3 is 10.2 Å². The van der Waals surface area contributed by atoms with Crippen molar-refractivity contribution in [3.8, 4) is 0 Å². The van der Waals surface area contributed by atoms with Crippen LogP contribution in [0.2, 0.25) is 0 Å². The number of benzene rings is 1. The van der Waals surface area contributed by atoms with Crippen molar-refractivity contribution in [3.63, 3.8) is 0 Å². The summed E-state index contributed by atoms with van der Waals surface area (Å²) in [5, 5.41) is 3.43. The summed E-state index contributed by atoms with van der Waals surface area (Å²) in [7, 11) is 0. The Morgan fingerprint density at radius 2 is 2.00 bits per heavy atom. The second-order valence-corrected chi connectivity index (χ2v) is 5.66. The van der Waals surface area contributed by atoms with E-state index in [2.05, 4.69) is 19.2 Å². The van der Waals surface area contributed by atoms with Crippen molar-refractivity contribution in [2.24, 2.45) is 0 Å². The molecule has 3 heteroatoms. The molecule has 1 amide bonds. The van der Waals surface area contributed by atoms with Crippen LogP contribution in [-0.4, -0.2) is 30.4 Å². The fraction of sp³-hybridized carbons (Fsp3) is 0.588. The van der Waals surface area contributed by atoms with E-state index in [9.17, 15) is 4.79 Å². The lowest BCUT2D eigenvalue weighted by molar-refractivity contribution is 0.0724. The molecule has 1 aromatic rings. The van der Waals surface area contributed by atoms with Gasteiger partial charge in [0, 0.05) is 30.9 Å². The number of likely N-dealkylation sites (tertiary alicyclic amines) is 1. The molecular weight excluding hydrogens is 248 g/mol. The molecule has 0 unspecified atom stereocenters. The van der Waals surface area contributed by atoms with Gasteiger partial charge >= 0.3 is 0 Å². The smallest absolute Gasteiger partial charge is 0.253 e. The highest BCUT2D eigenvalue weighted by Gasteiger charge is 2.18. The minimum atomic E-state index is 0.188. The third-order valence-corrected chi connectivity index (χ3v) is 3.96. The maximum absolute atomic E-state index is 12.4. The molecule has 3 nitrogen and oxygen atoms in total. The molecule has 0 radical (unpaired) electrons. The summed E-state index contributed by atoms with van der Waals surface area (Å²) in [6.07, 6.45) is 5.90. The average molecular weight is 274 g/mol. The van der Waals surface area contributed by atoms with Crippen molar-refractivity contribution in [2.75, 3.05) is 25.0 Å². The van der Waals surface area contributed by atoms with Crippen molar-refractivity contribution in [1.29, 1.82) is 0 Å². The van der Waals surface area contributed by atoms with E-state index < -0.39 is 0 Å². The number of hydrogen-bond donors (Lipinski definition) is 1. The summed E-state index contributed by atoms with van der Waals surface area (Å²) >= 11 is 0. The zero-order valence-electron chi connectivity index (χ0n) is 12.7. The number of nitrogens with zero attached hydrogens (tertiary/aromatic N) is 1. The van der Waals surface area contributed by atoms with Crippen LogP contribution in [0.5, 0.6) is 0 Å². The van der Waals surface area contributed by atoms with Crippen LogP contribution in [0, 0.1) is 6.92 Å². The van der Waals surface area contributed by atoms with Gasteiger partial charge in [-0.05, 0) is 56.4 Å². The van der Waals surface area contributed by atoms with E-state index in [-0.39, 0.29) is 5.91 Å². The van der Waals surface area contributed by atoms with E-state index in [1.807, 2.05) is 23.1 Å². The summed E-state index contributed by atoms with van der Waals surface area (Å²) in [6, 6.07) is 6.02. The maximum Gasteiger partial charge on any atom is 0.253 e. The number of hydrogen-bond acceptors (Lipinski definition) is 2. The van der Waals surface area contributed by atoms with Crippen LogP contribution in [0.25, 0.3) is 0 Å². The molecule has 1 heterocycles. The lowest BCUT2D eigenvalue weighted by atomic mass is 10.1. The number of rotatable bonds is 5. The molecule has 1 fully saturated rings. The van der Waals surface area contributed by atoms with Gasteiger partial charge in [0.15, 0.2) is 0 Å². The normalized spacial score (nSPS) is 15.2. The molecule has 1 aliphatic heterocycles. The number of anilines is 1. The molecule has 20 heavy (non-hydrogen) atoms. The second kappa shape index (κ2) is 7.32. The summed E-state index contributed by atoms with van der Waals surface area (Å²) in [5.41, 5.74) is 3.13. The van der Waals surface area contributed by atoms with Crippen molar-refractivity contribution in [1.82, 2.24) is 4.90 Å². The number of carbonyl (C=O) groups excluding carboxylic acids is 1. The molecule has 0 saturated carbocycles. The van der Waals surface area contributed by atoms with Gasteiger partial charge in [0.25, 0.3) is 5.91 Å². The molecule has 1 aliphatic rings. The quantitative estimate of drug-likeness (QED) is 0.828. The zero-order valence-corrected chi connectivity index (χ0v) is 12.7. The van der Waals surface area contributed by atoms with Crippen LogP contribution in [0.1, 0.15) is 54.9 Å². The van der Waals surface area contributed by atoms with Gasteiger partial charge in [-0.25, -0.2) is 0 Å². The maximum atomic E-state index is 12.4. The van der Waals surface area contributed by atoms with Crippen molar-refractivity contribution in [2.45, 2.75) is 46.0 Å². The van der Waals surface area contributed by atoms with Gasteiger partial charge in [-0.2, -0.15) is 0 Å². The highest BCUT2D eigenvalue weighted by atomic mass is 16.2. The van der Waals surface area contributed by atoms with Gasteiger partial charge in [0.1, 0.15) is 0 Å². The van der Waals surface area contributed by atoms with Gasteiger partial charge in [-0.1, -0.05) is 13.3 Å². The molecule has 110 valence electrons. The third-order valence-electron chi connectivity index (χ3n) is 3.96. The first-order valence-electron chi connectivity index (χ1n) is 7.86. The first-order valence-corrected chi connectivity index (χ1v) is 7.86.